The Bertz CT molecular complexity index is 1130. The molecule has 9 heteroatoms. The van der Waals surface area contributed by atoms with E-state index in [9.17, 15) is 10.2 Å². The Morgan fingerprint density at radius 1 is 0.909 bits per heavy atom. The van der Waals surface area contributed by atoms with Crippen molar-refractivity contribution in [2.75, 3.05) is 20.8 Å². The highest BCUT2D eigenvalue weighted by Crippen LogP contribution is 2.46. The maximum atomic E-state index is 11.4. The summed E-state index contributed by atoms with van der Waals surface area (Å²) < 4.78 is 37.4. The molecule has 44 heavy (non-hydrogen) atoms. The Balaban J connectivity index is 1.81. The van der Waals surface area contributed by atoms with Crippen molar-refractivity contribution in [1.82, 2.24) is 0 Å². The zero-order valence-electron chi connectivity index (χ0n) is 28.5. The molecule has 0 saturated carbocycles. The first-order chi connectivity index (χ1) is 20.5. The molecule has 6 atom stereocenters. The molecular formula is C35H56O8Si. The SMILES string of the molecule is COc1ccc(COC(CC2CC(O)C(O)C(OC)(C(C)(C)CO[Si](C)(C)C(C)(C)C)O2)C(C)OCc2ccccc2)cc1. The largest absolute Gasteiger partial charge is 0.497 e. The second-order valence-corrected chi connectivity index (χ2v) is 19.0. The maximum absolute atomic E-state index is 11.4. The summed E-state index contributed by atoms with van der Waals surface area (Å²) in [7, 11) is 1.06. The molecule has 8 nitrogen and oxygen atoms in total. The lowest BCUT2D eigenvalue weighted by atomic mass is 9.76. The van der Waals surface area contributed by atoms with E-state index >= 15 is 0 Å². The van der Waals surface area contributed by atoms with Crippen LogP contribution in [-0.2, 0) is 36.6 Å². The number of rotatable bonds is 15. The number of aliphatic hydroxyl groups excluding tert-OH is 2. The third-order valence-electron chi connectivity index (χ3n) is 9.44. The van der Waals surface area contributed by atoms with Gasteiger partial charge in [-0.25, -0.2) is 0 Å². The van der Waals surface area contributed by atoms with Crippen LogP contribution in [0.5, 0.6) is 5.75 Å². The monoisotopic (exact) mass is 632 g/mol. The number of methoxy groups -OCH3 is 2. The van der Waals surface area contributed by atoms with Crippen molar-refractivity contribution < 1.29 is 38.3 Å². The quantitative estimate of drug-likeness (QED) is 0.216. The fourth-order valence-corrected chi connectivity index (χ4v) is 6.49. The molecule has 1 fully saturated rings. The van der Waals surface area contributed by atoms with E-state index in [1.807, 2.05) is 75.4 Å². The maximum Gasteiger partial charge on any atom is 0.204 e. The minimum Gasteiger partial charge on any atom is -0.497 e. The molecule has 1 saturated heterocycles. The summed E-state index contributed by atoms with van der Waals surface area (Å²) in [6.45, 7) is 18.0. The first kappa shape index (κ1) is 36.6. The van der Waals surface area contributed by atoms with Gasteiger partial charge in [-0.15, -0.1) is 0 Å². The Labute approximate surface area is 266 Å². The Kier molecular flexibility index (Phi) is 12.6. The molecule has 0 radical (unpaired) electrons. The van der Waals surface area contributed by atoms with Gasteiger partial charge in [0.1, 0.15) is 11.9 Å². The lowest BCUT2D eigenvalue weighted by Crippen LogP contribution is -2.67. The Hall–Kier alpha value is -1.82. The molecule has 1 heterocycles. The van der Waals surface area contributed by atoms with Crippen LogP contribution >= 0.6 is 0 Å². The van der Waals surface area contributed by atoms with Gasteiger partial charge in [-0.05, 0) is 48.3 Å². The Morgan fingerprint density at radius 3 is 2.07 bits per heavy atom. The summed E-state index contributed by atoms with van der Waals surface area (Å²) in [5.41, 5.74) is 1.29. The third-order valence-corrected chi connectivity index (χ3v) is 13.9. The molecule has 6 unspecified atom stereocenters. The van der Waals surface area contributed by atoms with Crippen LogP contribution in [0.1, 0.15) is 65.5 Å². The summed E-state index contributed by atoms with van der Waals surface area (Å²) in [5.74, 6) is -0.712. The zero-order chi connectivity index (χ0) is 32.8. The number of aliphatic hydroxyl groups is 2. The van der Waals surface area contributed by atoms with Crippen molar-refractivity contribution in [2.24, 2.45) is 5.41 Å². The first-order valence-electron chi connectivity index (χ1n) is 15.7. The minimum absolute atomic E-state index is 0.0156. The molecule has 0 amide bonds. The van der Waals surface area contributed by atoms with Crippen LogP contribution in [0.25, 0.3) is 0 Å². The second-order valence-electron chi connectivity index (χ2n) is 14.2. The summed E-state index contributed by atoms with van der Waals surface area (Å²) in [5, 5.41) is 22.6. The first-order valence-corrected chi connectivity index (χ1v) is 18.6. The van der Waals surface area contributed by atoms with Crippen molar-refractivity contribution in [3.05, 3.63) is 65.7 Å². The van der Waals surface area contributed by atoms with Crippen molar-refractivity contribution in [3.63, 3.8) is 0 Å². The molecule has 2 aromatic carbocycles. The average molecular weight is 633 g/mol. The predicted octanol–water partition coefficient (Wildman–Crippen LogP) is 6.48. The van der Waals surface area contributed by atoms with Gasteiger partial charge in [-0.3, -0.25) is 0 Å². The smallest absolute Gasteiger partial charge is 0.204 e. The van der Waals surface area contributed by atoms with Crippen LogP contribution in [-0.4, -0.2) is 75.7 Å². The standard InChI is InChI=1S/C35H56O8Si/c1-25(40-22-26-14-12-11-13-15-26)31(41-23-27-16-18-28(38-7)19-17-27)21-29-20-30(36)32(37)35(39-8,43-29)34(5,6)24-42-44(9,10)33(2,3)4/h11-19,25,29-32,36-37H,20-24H2,1-10H3. The highest BCUT2D eigenvalue weighted by Gasteiger charge is 2.59. The van der Waals surface area contributed by atoms with E-state index in [1.165, 1.54) is 7.11 Å². The van der Waals surface area contributed by atoms with E-state index in [4.69, 9.17) is 28.1 Å². The van der Waals surface area contributed by atoms with Crippen LogP contribution in [0.3, 0.4) is 0 Å². The van der Waals surface area contributed by atoms with Crippen LogP contribution in [0, 0.1) is 5.41 Å². The van der Waals surface area contributed by atoms with E-state index in [0.29, 0.717) is 26.2 Å². The Morgan fingerprint density at radius 2 is 1.50 bits per heavy atom. The molecular weight excluding hydrogens is 576 g/mol. The normalized spacial score (nSPS) is 24.6. The van der Waals surface area contributed by atoms with Gasteiger partial charge in [0, 0.05) is 32.0 Å². The van der Waals surface area contributed by atoms with Gasteiger partial charge >= 0.3 is 0 Å². The molecule has 3 rings (SSSR count). The van der Waals surface area contributed by atoms with Gasteiger partial charge in [0.25, 0.3) is 0 Å². The third kappa shape index (κ3) is 8.91. The topological polar surface area (TPSA) is 95.8 Å². The van der Waals surface area contributed by atoms with E-state index in [0.717, 1.165) is 16.9 Å². The van der Waals surface area contributed by atoms with Gasteiger partial charge in [0.15, 0.2) is 8.32 Å². The van der Waals surface area contributed by atoms with Gasteiger partial charge in [-0.2, -0.15) is 0 Å². The minimum atomic E-state index is -2.11. The van der Waals surface area contributed by atoms with E-state index in [-0.39, 0.29) is 23.7 Å². The summed E-state index contributed by atoms with van der Waals surface area (Å²) in [6, 6.07) is 17.8. The van der Waals surface area contributed by atoms with Gasteiger partial charge in [0.05, 0.1) is 44.7 Å². The fraction of sp³-hybridized carbons (Fsp3) is 0.657. The zero-order valence-corrected chi connectivity index (χ0v) is 29.5. The molecule has 0 bridgehead atoms. The van der Waals surface area contributed by atoms with Gasteiger partial charge in [0.2, 0.25) is 5.79 Å². The molecule has 0 aliphatic carbocycles. The number of benzene rings is 2. The molecule has 0 aromatic heterocycles. The summed E-state index contributed by atoms with van der Waals surface area (Å²) in [4.78, 5) is 0. The summed E-state index contributed by atoms with van der Waals surface area (Å²) >= 11 is 0. The van der Waals surface area contributed by atoms with E-state index in [2.05, 4.69) is 33.9 Å². The van der Waals surface area contributed by atoms with E-state index < -0.39 is 37.8 Å². The van der Waals surface area contributed by atoms with Crippen LogP contribution in [0.2, 0.25) is 18.1 Å². The van der Waals surface area contributed by atoms with Crippen molar-refractivity contribution in [1.29, 1.82) is 0 Å². The lowest BCUT2D eigenvalue weighted by molar-refractivity contribution is -0.378. The molecule has 0 spiro atoms. The second kappa shape index (κ2) is 15.2. The van der Waals surface area contributed by atoms with Crippen molar-refractivity contribution >= 4 is 8.32 Å². The fourth-order valence-electron chi connectivity index (χ4n) is 5.33. The number of hydrogen-bond acceptors (Lipinski definition) is 8. The van der Waals surface area contributed by atoms with Crippen LogP contribution in [0.15, 0.2) is 54.6 Å². The molecule has 1 aliphatic rings. The van der Waals surface area contributed by atoms with Crippen LogP contribution < -0.4 is 4.74 Å². The molecule has 2 aromatic rings. The highest BCUT2D eigenvalue weighted by molar-refractivity contribution is 6.74. The van der Waals surface area contributed by atoms with Crippen LogP contribution in [0.4, 0.5) is 0 Å². The van der Waals surface area contributed by atoms with Gasteiger partial charge < -0.3 is 38.3 Å². The number of ether oxygens (including phenoxy) is 5. The molecule has 248 valence electrons. The molecule has 1 aliphatic heterocycles. The average Bonchev–Trinajstić information content (AvgIpc) is 2.98. The van der Waals surface area contributed by atoms with Gasteiger partial charge in [-0.1, -0.05) is 77.1 Å². The predicted molar refractivity (Wildman–Crippen MR) is 175 cm³/mol. The van der Waals surface area contributed by atoms with Crippen molar-refractivity contribution in [3.8, 4) is 5.75 Å². The summed E-state index contributed by atoms with van der Waals surface area (Å²) in [6.07, 6.45) is -2.76. The van der Waals surface area contributed by atoms with E-state index in [1.54, 1.807) is 7.11 Å². The van der Waals surface area contributed by atoms with Crippen molar-refractivity contribution in [2.45, 2.75) is 122 Å². The highest BCUT2D eigenvalue weighted by atomic mass is 28.4. The number of hydrogen-bond donors (Lipinski definition) is 2. The lowest BCUT2D eigenvalue weighted by Gasteiger charge is -2.54. The molecule has 2 N–H and O–H groups in total.